The highest BCUT2D eigenvalue weighted by molar-refractivity contribution is 8.01. The third-order valence-electron chi connectivity index (χ3n) is 3.31. The van der Waals surface area contributed by atoms with Gasteiger partial charge in [-0.3, -0.25) is 14.5 Å². The topological polar surface area (TPSA) is 111 Å². The Labute approximate surface area is 142 Å². The van der Waals surface area contributed by atoms with E-state index in [4.69, 9.17) is 10.7 Å². The van der Waals surface area contributed by atoms with Crippen molar-refractivity contribution in [1.82, 2.24) is 10.2 Å². The molecule has 0 aliphatic heterocycles. The number of nitrogens with one attached hydrogen (secondary N) is 1. The van der Waals surface area contributed by atoms with Crippen molar-refractivity contribution in [3.8, 4) is 6.07 Å². The third-order valence-corrected chi connectivity index (χ3v) is 5.39. The van der Waals surface area contributed by atoms with Crippen molar-refractivity contribution in [1.29, 1.82) is 10.7 Å². The molecule has 122 valence electrons. The fourth-order valence-corrected chi connectivity index (χ4v) is 3.79. The molecule has 9 heteroatoms. The van der Waals surface area contributed by atoms with Crippen LogP contribution in [0.3, 0.4) is 0 Å². The van der Waals surface area contributed by atoms with Gasteiger partial charge in [-0.05, 0) is 19.8 Å². The molecule has 0 saturated heterocycles. The van der Waals surface area contributed by atoms with Gasteiger partial charge in [0.25, 0.3) is 0 Å². The van der Waals surface area contributed by atoms with Gasteiger partial charge in [0.2, 0.25) is 11.0 Å². The summed E-state index contributed by atoms with van der Waals surface area (Å²) in [5.74, 6) is -1.22. The van der Waals surface area contributed by atoms with Gasteiger partial charge in [0.1, 0.15) is 5.92 Å². The minimum atomic E-state index is -1.00. The summed E-state index contributed by atoms with van der Waals surface area (Å²) >= 11 is 2.47. The van der Waals surface area contributed by atoms with Crippen molar-refractivity contribution in [3.05, 3.63) is 0 Å². The van der Waals surface area contributed by atoms with E-state index in [1.807, 2.05) is 13.0 Å². The second-order valence-corrected chi connectivity index (χ2v) is 7.38. The number of anilines is 1. The molecular formula is C14H17N5O2S2. The molecule has 1 aliphatic carbocycles. The molecule has 0 aromatic carbocycles. The number of carbonyl (C=O) groups is 2. The molecule has 1 amide bonds. The summed E-state index contributed by atoms with van der Waals surface area (Å²) in [6.07, 6.45) is 2.38. The molecule has 1 atom stereocenters. The van der Waals surface area contributed by atoms with Gasteiger partial charge in [0, 0.05) is 18.2 Å². The van der Waals surface area contributed by atoms with Crippen molar-refractivity contribution in [2.75, 3.05) is 10.7 Å². The number of amides is 1. The van der Waals surface area contributed by atoms with Crippen molar-refractivity contribution in [2.45, 2.75) is 43.5 Å². The molecule has 1 aromatic heterocycles. The predicted molar refractivity (Wildman–Crippen MR) is 88.9 cm³/mol. The second-order valence-electron chi connectivity index (χ2n) is 5.20. The smallest absolute Gasteiger partial charge is 0.228 e. The normalized spacial score (nSPS) is 14.8. The quantitative estimate of drug-likeness (QED) is 0.437. The monoisotopic (exact) mass is 351 g/mol. The number of carbonyl (C=O) groups excluding carboxylic acids is 2. The van der Waals surface area contributed by atoms with Crippen molar-refractivity contribution >= 4 is 45.6 Å². The third kappa shape index (κ3) is 4.36. The Balaban J connectivity index is 1.99. The lowest BCUT2D eigenvalue weighted by Crippen LogP contribution is -2.32. The maximum absolute atomic E-state index is 12.0. The SMILES string of the molecule is CCC(=O)N(c1nnc(SCC(=O)[C@H](C#N)C(C)=N)s1)C1CC1. The highest BCUT2D eigenvalue weighted by Crippen LogP contribution is 2.36. The van der Waals surface area contributed by atoms with Crippen LogP contribution in [0.4, 0.5) is 5.13 Å². The lowest BCUT2D eigenvalue weighted by Gasteiger charge is -2.17. The maximum Gasteiger partial charge on any atom is 0.228 e. The molecule has 23 heavy (non-hydrogen) atoms. The number of hydrogen-bond donors (Lipinski definition) is 1. The van der Waals surface area contributed by atoms with Gasteiger partial charge >= 0.3 is 0 Å². The highest BCUT2D eigenvalue weighted by atomic mass is 32.2. The molecule has 1 fully saturated rings. The van der Waals surface area contributed by atoms with E-state index in [0.717, 1.165) is 12.8 Å². The van der Waals surface area contributed by atoms with E-state index in [-0.39, 0.29) is 29.2 Å². The van der Waals surface area contributed by atoms with Crippen molar-refractivity contribution in [2.24, 2.45) is 5.92 Å². The summed E-state index contributed by atoms with van der Waals surface area (Å²) in [5.41, 5.74) is 0.0458. The van der Waals surface area contributed by atoms with Crippen LogP contribution in [0.25, 0.3) is 0 Å². The van der Waals surface area contributed by atoms with E-state index in [0.29, 0.717) is 15.9 Å². The van der Waals surface area contributed by atoms with Crippen LogP contribution in [0.15, 0.2) is 4.34 Å². The molecule has 0 radical (unpaired) electrons. The van der Waals surface area contributed by atoms with Crippen LogP contribution in [0, 0.1) is 22.7 Å². The number of nitrogens with zero attached hydrogens (tertiary/aromatic N) is 4. The highest BCUT2D eigenvalue weighted by Gasteiger charge is 2.35. The fourth-order valence-electron chi connectivity index (χ4n) is 1.95. The molecule has 1 aliphatic rings. The van der Waals surface area contributed by atoms with Gasteiger partial charge in [-0.15, -0.1) is 10.2 Å². The van der Waals surface area contributed by atoms with E-state index in [1.54, 1.807) is 4.90 Å². The van der Waals surface area contributed by atoms with Gasteiger partial charge in [-0.2, -0.15) is 5.26 Å². The Bertz CT molecular complexity index is 662. The summed E-state index contributed by atoms with van der Waals surface area (Å²) in [5, 5.41) is 25.0. The van der Waals surface area contributed by atoms with E-state index in [2.05, 4.69) is 10.2 Å². The summed E-state index contributed by atoms with van der Waals surface area (Å²) < 4.78 is 0.585. The first kappa shape index (κ1) is 17.6. The second kappa shape index (κ2) is 7.66. The lowest BCUT2D eigenvalue weighted by atomic mass is 10.0. The minimum Gasteiger partial charge on any atom is -0.308 e. The fraction of sp³-hybridized carbons (Fsp3) is 0.571. The maximum atomic E-state index is 12.0. The van der Waals surface area contributed by atoms with Gasteiger partial charge in [-0.25, -0.2) is 0 Å². The Hall–Kier alpha value is -1.79. The van der Waals surface area contributed by atoms with Crippen molar-refractivity contribution in [3.63, 3.8) is 0 Å². The predicted octanol–water partition coefficient (Wildman–Crippen LogP) is 2.28. The standard InChI is InChI=1S/C14H17N5O2S2/c1-3-12(21)19(9-4-5-9)13-17-18-14(23-13)22-7-11(20)10(6-15)8(2)16/h9-10,16H,3-5,7H2,1-2H3/t10-/m1/s1. The molecule has 0 unspecified atom stereocenters. The minimum absolute atomic E-state index is 0.0280. The lowest BCUT2D eigenvalue weighted by molar-refractivity contribution is -0.118. The zero-order chi connectivity index (χ0) is 17.0. The average Bonchev–Trinajstić information content (AvgIpc) is 3.23. The number of hydrogen-bond acceptors (Lipinski definition) is 8. The van der Waals surface area contributed by atoms with Crippen LogP contribution in [0.5, 0.6) is 0 Å². The molecule has 0 bridgehead atoms. The summed E-state index contributed by atoms with van der Waals surface area (Å²) in [6, 6.07) is 2.05. The number of rotatable bonds is 8. The van der Waals surface area contributed by atoms with Crippen LogP contribution < -0.4 is 4.90 Å². The molecule has 1 saturated carbocycles. The average molecular weight is 351 g/mol. The van der Waals surface area contributed by atoms with E-state index in [9.17, 15) is 9.59 Å². The summed E-state index contributed by atoms with van der Waals surface area (Å²) in [7, 11) is 0. The molecule has 1 N–H and O–H groups in total. The van der Waals surface area contributed by atoms with Gasteiger partial charge in [0.15, 0.2) is 10.1 Å². The Kier molecular flexibility index (Phi) is 5.85. The number of ketones is 1. The zero-order valence-electron chi connectivity index (χ0n) is 12.9. The van der Waals surface area contributed by atoms with Crippen LogP contribution in [0.1, 0.15) is 33.1 Å². The Morgan fingerprint density at radius 1 is 1.52 bits per heavy atom. The molecule has 1 heterocycles. The summed E-state index contributed by atoms with van der Waals surface area (Å²) in [6.45, 7) is 3.26. The van der Waals surface area contributed by atoms with Crippen LogP contribution >= 0.6 is 23.1 Å². The van der Waals surface area contributed by atoms with Gasteiger partial charge in [-0.1, -0.05) is 30.0 Å². The van der Waals surface area contributed by atoms with Crippen LogP contribution in [-0.2, 0) is 9.59 Å². The Morgan fingerprint density at radius 3 is 2.74 bits per heavy atom. The van der Waals surface area contributed by atoms with E-state index in [1.165, 1.54) is 30.0 Å². The summed E-state index contributed by atoms with van der Waals surface area (Å²) in [4.78, 5) is 25.6. The number of aromatic nitrogens is 2. The van der Waals surface area contributed by atoms with E-state index < -0.39 is 5.92 Å². The number of nitriles is 1. The van der Waals surface area contributed by atoms with E-state index >= 15 is 0 Å². The Morgan fingerprint density at radius 2 is 2.22 bits per heavy atom. The molecule has 1 aromatic rings. The van der Waals surface area contributed by atoms with Gasteiger partial charge in [0.05, 0.1) is 11.8 Å². The largest absolute Gasteiger partial charge is 0.308 e. The first-order valence-corrected chi connectivity index (χ1v) is 9.03. The number of Topliss-reactive ketones (excluding diaryl/α,β-unsaturated/α-hetero) is 1. The molecule has 2 rings (SSSR count). The van der Waals surface area contributed by atoms with Gasteiger partial charge < -0.3 is 5.41 Å². The molecule has 0 spiro atoms. The molecule has 7 nitrogen and oxygen atoms in total. The zero-order valence-corrected chi connectivity index (χ0v) is 14.5. The first-order valence-electron chi connectivity index (χ1n) is 7.23. The van der Waals surface area contributed by atoms with Crippen LogP contribution in [0.2, 0.25) is 0 Å². The molecular weight excluding hydrogens is 334 g/mol. The number of thioether (sulfide) groups is 1. The van der Waals surface area contributed by atoms with Crippen molar-refractivity contribution < 1.29 is 9.59 Å². The van der Waals surface area contributed by atoms with Crippen LogP contribution in [-0.4, -0.2) is 39.4 Å². The first-order chi connectivity index (χ1) is 11.0.